The third-order valence-corrected chi connectivity index (χ3v) is 5.58. The highest BCUT2D eigenvalue weighted by atomic mass is 16.6. The molecule has 3 N–H and O–H groups in total. The zero-order valence-corrected chi connectivity index (χ0v) is 25.9. The van der Waals surface area contributed by atoms with Gasteiger partial charge in [-0.2, -0.15) is 0 Å². The van der Waals surface area contributed by atoms with Crippen LogP contribution in [0.3, 0.4) is 0 Å². The Hall–Kier alpha value is -3.59. The maximum atomic E-state index is 12.0. The number of hydrogen-bond acceptors (Lipinski definition) is 12. The Labute approximate surface area is 258 Å². The summed E-state index contributed by atoms with van der Waals surface area (Å²) in [5.41, 5.74) is -1.15. The molecule has 2 amide bonds. The summed E-state index contributed by atoms with van der Waals surface area (Å²) in [4.78, 5) is 59.3. The van der Waals surface area contributed by atoms with Gasteiger partial charge < -0.3 is 44.2 Å². The second kappa shape index (κ2) is 22.9. The number of carbonyl (C=O) groups excluding carboxylic acids is 5. The molecule has 0 saturated carbocycles. The monoisotopic (exact) mass is 626 g/mol. The smallest absolute Gasteiger partial charge is 0.315 e. The first-order chi connectivity index (χ1) is 21.0. The van der Waals surface area contributed by atoms with Crippen LogP contribution in [0.15, 0.2) is 24.3 Å². The molecule has 14 heteroatoms. The number of nitrogens with one attached hydrogen (secondary N) is 2. The molecule has 0 heterocycles. The first-order valence-electron chi connectivity index (χ1n) is 14.5. The molecule has 1 aromatic rings. The average molecular weight is 627 g/mol. The Kier molecular flexibility index (Phi) is 20.0. The molecule has 14 nitrogen and oxygen atoms in total. The largest absolute Gasteiger partial charge is 0.490 e. The zero-order chi connectivity index (χ0) is 32.6. The van der Waals surface area contributed by atoms with Crippen LogP contribution in [0, 0.1) is 0 Å². The summed E-state index contributed by atoms with van der Waals surface area (Å²) in [5, 5.41) is 14.7. The SMILES string of the molecule is COCCCOCCCOCCCOC(=O)CC(=O)NCCNC(=O)CC(=O)OCCOc1ccc(C(=O)C(C)(C)O)cc1. The van der Waals surface area contributed by atoms with E-state index < -0.39 is 48.0 Å². The molecule has 0 unspecified atom stereocenters. The third-order valence-electron chi connectivity index (χ3n) is 5.58. The fourth-order valence-corrected chi connectivity index (χ4v) is 3.38. The lowest BCUT2D eigenvalue weighted by Gasteiger charge is -2.15. The van der Waals surface area contributed by atoms with Crippen LogP contribution in [0.1, 0.15) is 56.3 Å². The first kappa shape index (κ1) is 38.4. The van der Waals surface area contributed by atoms with Crippen molar-refractivity contribution in [2.75, 3.05) is 73.1 Å². The maximum Gasteiger partial charge on any atom is 0.315 e. The molecule has 0 spiro atoms. The topological polar surface area (TPSA) is 185 Å². The van der Waals surface area contributed by atoms with Crippen molar-refractivity contribution in [1.29, 1.82) is 0 Å². The van der Waals surface area contributed by atoms with Crippen LogP contribution < -0.4 is 15.4 Å². The Morgan fingerprint density at radius 3 is 1.66 bits per heavy atom. The number of Topliss-reactive ketones (excluding diaryl/α,β-unsaturated/α-hetero) is 1. The Morgan fingerprint density at radius 2 is 1.16 bits per heavy atom. The zero-order valence-electron chi connectivity index (χ0n) is 25.9. The molecule has 0 saturated heterocycles. The molecule has 0 fully saturated rings. The summed E-state index contributed by atoms with van der Waals surface area (Å²) >= 11 is 0. The fraction of sp³-hybridized carbons (Fsp3) is 0.633. The van der Waals surface area contributed by atoms with E-state index in [9.17, 15) is 29.1 Å². The molecule has 0 atom stereocenters. The van der Waals surface area contributed by atoms with Crippen LogP contribution in [0.25, 0.3) is 0 Å². The molecule has 0 aliphatic heterocycles. The number of carbonyl (C=O) groups is 5. The van der Waals surface area contributed by atoms with Crippen molar-refractivity contribution >= 4 is 29.5 Å². The van der Waals surface area contributed by atoms with E-state index in [2.05, 4.69) is 10.6 Å². The van der Waals surface area contributed by atoms with Gasteiger partial charge in [-0.3, -0.25) is 24.0 Å². The Balaban J connectivity index is 2.01. The molecule has 0 aliphatic rings. The summed E-state index contributed by atoms with van der Waals surface area (Å²) in [7, 11) is 1.65. The van der Waals surface area contributed by atoms with Crippen molar-refractivity contribution in [2.45, 2.75) is 51.6 Å². The van der Waals surface area contributed by atoms with Gasteiger partial charge in [0.1, 0.15) is 37.4 Å². The van der Waals surface area contributed by atoms with Gasteiger partial charge in [0.25, 0.3) is 0 Å². The van der Waals surface area contributed by atoms with Crippen molar-refractivity contribution in [1.82, 2.24) is 10.6 Å². The first-order valence-corrected chi connectivity index (χ1v) is 14.5. The highest BCUT2D eigenvalue weighted by molar-refractivity contribution is 6.01. The summed E-state index contributed by atoms with van der Waals surface area (Å²) in [6.45, 7) is 5.89. The number of ether oxygens (including phenoxy) is 6. The van der Waals surface area contributed by atoms with Gasteiger partial charge in [-0.05, 0) is 51.0 Å². The number of benzene rings is 1. The number of hydrogen-bond donors (Lipinski definition) is 3. The fourth-order valence-electron chi connectivity index (χ4n) is 3.38. The minimum absolute atomic E-state index is 0.0283. The molecule has 0 aliphatic carbocycles. The van der Waals surface area contributed by atoms with Gasteiger partial charge in [-0.15, -0.1) is 0 Å². The van der Waals surface area contributed by atoms with E-state index in [-0.39, 0.29) is 32.9 Å². The normalized spacial score (nSPS) is 11.0. The Bertz CT molecular complexity index is 1010. The summed E-state index contributed by atoms with van der Waals surface area (Å²) in [6, 6.07) is 6.15. The molecular weight excluding hydrogens is 580 g/mol. The van der Waals surface area contributed by atoms with Crippen molar-refractivity contribution in [3.63, 3.8) is 0 Å². The molecule has 0 aromatic heterocycles. The van der Waals surface area contributed by atoms with E-state index >= 15 is 0 Å². The van der Waals surface area contributed by atoms with E-state index in [1.165, 1.54) is 26.0 Å². The van der Waals surface area contributed by atoms with Crippen LogP contribution in [0.5, 0.6) is 5.75 Å². The number of esters is 2. The average Bonchev–Trinajstić information content (AvgIpc) is 2.97. The predicted octanol–water partition coefficient (Wildman–Crippen LogP) is 0.968. The minimum atomic E-state index is -1.48. The van der Waals surface area contributed by atoms with Gasteiger partial charge in [0.15, 0.2) is 5.78 Å². The summed E-state index contributed by atoms with van der Waals surface area (Å²) < 4.78 is 31.2. The highest BCUT2D eigenvalue weighted by Crippen LogP contribution is 2.17. The predicted molar refractivity (Wildman–Crippen MR) is 157 cm³/mol. The quantitative estimate of drug-likeness (QED) is 0.0606. The molecule has 1 aromatic carbocycles. The van der Waals surface area contributed by atoms with Gasteiger partial charge in [-0.1, -0.05) is 0 Å². The van der Waals surface area contributed by atoms with Crippen LogP contribution in [0.4, 0.5) is 0 Å². The van der Waals surface area contributed by atoms with Crippen molar-refractivity contribution < 1.29 is 57.5 Å². The van der Waals surface area contributed by atoms with Crippen LogP contribution in [0.2, 0.25) is 0 Å². The molecule has 248 valence electrons. The van der Waals surface area contributed by atoms with Crippen molar-refractivity contribution in [3.05, 3.63) is 29.8 Å². The number of rotatable bonds is 25. The summed E-state index contributed by atoms with van der Waals surface area (Å²) in [6.07, 6.45) is 1.16. The van der Waals surface area contributed by atoms with E-state index in [1.807, 2.05) is 0 Å². The van der Waals surface area contributed by atoms with E-state index in [0.717, 1.165) is 12.8 Å². The second-order valence-corrected chi connectivity index (χ2v) is 10.0. The lowest BCUT2D eigenvalue weighted by atomic mass is 9.97. The Morgan fingerprint density at radius 1 is 0.682 bits per heavy atom. The lowest BCUT2D eigenvalue weighted by Crippen LogP contribution is -2.36. The molecular formula is C30H46N2O12. The third kappa shape index (κ3) is 19.6. The molecule has 0 bridgehead atoms. The van der Waals surface area contributed by atoms with Crippen LogP contribution >= 0.6 is 0 Å². The van der Waals surface area contributed by atoms with Gasteiger partial charge in [-0.25, -0.2) is 0 Å². The van der Waals surface area contributed by atoms with Gasteiger partial charge in [0.2, 0.25) is 11.8 Å². The van der Waals surface area contributed by atoms with E-state index in [0.29, 0.717) is 50.8 Å². The minimum Gasteiger partial charge on any atom is -0.490 e. The van der Waals surface area contributed by atoms with Gasteiger partial charge >= 0.3 is 11.9 Å². The molecule has 1 rings (SSSR count). The highest BCUT2D eigenvalue weighted by Gasteiger charge is 2.25. The van der Waals surface area contributed by atoms with Crippen LogP contribution in [-0.2, 0) is 42.9 Å². The number of amides is 2. The number of aliphatic hydroxyl groups is 1. The van der Waals surface area contributed by atoms with Crippen LogP contribution in [-0.4, -0.2) is 113 Å². The van der Waals surface area contributed by atoms with Crippen molar-refractivity contribution in [3.8, 4) is 5.75 Å². The lowest BCUT2D eigenvalue weighted by molar-refractivity contribution is -0.148. The summed E-state index contributed by atoms with van der Waals surface area (Å²) in [5.74, 6) is -2.54. The van der Waals surface area contributed by atoms with Gasteiger partial charge in [0, 0.05) is 65.2 Å². The molecule has 0 radical (unpaired) electrons. The van der Waals surface area contributed by atoms with Crippen molar-refractivity contribution in [2.24, 2.45) is 0 Å². The molecule has 44 heavy (non-hydrogen) atoms. The standard InChI is InChI=1S/C30H46N2O12/c1-30(2,38)29(37)23-7-9-24(10-8-23)42-19-20-44-28(36)22-26(34)32-12-11-31-25(33)21-27(35)43-18-6-17-41-16-5-15-40-14-4-13-39-3/h7-10,38H,4-6,11-22H2,1-3H3,(H,31,33)(H,32,34). The number of ketones is 1. The van der Waals surface area contributed by atoms with E-state index in [1.54, 1.807) is 19.2 Å². The maximum absolute atomic E-state index is 12.0. The van der Waals surface area contributed by atoms with E-state index in [4.69, 9.17) is 28.4 Å². The van der Waals surface area contributed by atoms with Gasteiger partial charge in [0.05, 0.1) is 6.61 Å². The number of methoxy groups -OCH3 is 1. The second-order valence-electron chi connectivity index (χ2n) is 10.0.